The maximum absolute atomic E-state index is 13.9. The minimum Gasteiger partial charge on any atom is -0.313 e. The third-order valence-corrected chi connectivity index (χ3v) is 3.30. The molecule has 0 saturated heterocycles. The van der Waals surface area contributed by atoms with Crippen molar-refractivity contribution in [2.45, 2.75) is 12.5 Å². The Kier molecular flexibility index (Phi) is 4.34. The van der Waals surface area contributed by atoms with Gasteiger partial charge in [0, 0.05) is 6.04 Å². The quantitative estimate of drug-likeness (QED) is 0.880. The number of hydrogen-bond acceptors (Lipinski definition) is 1. The van der Waals surface area contributed by atoms with Gasteiger partial charge >= 0.3 is 0 Å². The molecule has 0 radical (unpaired) electrons. The van der Waals surface area contributed by atoms with E-state index in [0.29, 0.717) is 12.0 Å². The van der Waals surface area contributed by atoms with Crippen molar-refractivity contribution in [3.63, 3.8) is 0 Å². The molecule has 0 spiro atoms. The van der Waals surface area contributed by atoms with Gasteiger partial charge in [0.15, 0.2) is 0 Å². The molecular formula is C15H15ClFN. The molecule has 0 heterocycles. The zero-order valence-electron chi connectivity index (χ0n) is 10.2. The summed E-state index contributed by atoms with van der Waals surface area (Å²) in [5.74, 6) is -0.324. The van der Waals surface area contributed by atoms with E-state index in [1.165, 1.54) is 0 Å². The number of halogens is 2. The van der Waals surface area contributed by atoms with Gasteiger partial charge in [0.2, 0.25) is 0 Å². The predicted octanol–water partition coefficient (Wildman–Crippen LogP) is 3.98. The van der Waals surface area contributed by atoms with Gasteiger partial charge in [0.1, 0.15) is 5.82 Å². The molecule has 0 aliphatic rings. The molecule has 1 atom stereocenters. The summed E-state index contributed by atoms with van der Waals surface area (Å²) < 4.78 is 13.9. The third kappa shape index (κ3) is 2.89. The zero-order chi connectivity index (χ0) is 13.0. The van der Waals surface area contributed by atoms with Gasteiger partial charge in [-0.05, 0) is 30.7 Å². The van der Waals surface area contributed by atoms with Crippen LogP contribution in [-0.2, 0) is 6.42 Å². The second-order valence-electron chi connectivity index (χ2n) is 4.17. The summed E-state index contributed by atoms with van der Waals surface area (Å²) in [6, 6.07) is 15.2. The molecule has 2 aromatic rings. The summed E-state index contributed by atoms with van der Waals surface area (Å²) in [5.41, 5.74) is 1.77. The maximum Gasteiger partial charge on any atom is 0.145 e. The Hall–Kier alpha value is -1.38. The van der Waals surface area contributed by atoms with Crippen LogP contribution in [0.1, 0.15) is 17.2 Å². The molecule has 0 amide bonds. The largest absolute Gasteiger partial charge is 0.313 e. The van der Waals surface area contributed by atoms with Crippen LogP contribution < -0.4 is 5.32 Å². The molecule has 1 N–H and O–H groups in total. The Morgan fingerprint density at radius 2 is 1.83 bits per heavy atom. The smallest absolute Gasteiger partial charge is 0.145 e. The van der Waals surface area contributed by atoms with Gasteiger partial charge in [0.05, 0.1) is 5.02 Å². The van der Waals surface area contributed by atoms with Crippen molar-refractivity contribution in [3.8, 4) is 0 Å². The summed E-state index contributed by atoms with van der Waals surface area (Å²) in [6.45, 7) is 0. The van der Waals surface area contributed by atoms with E-state index in [-0.39, 0.29) is 16.9 Å². The average Bonchev–Trinajstić information content (AvgIpc) is 2.41. The van der Waals surface area contributed by atoms with Gasteiger partial charge in [-0.25, -0.2) is 4.39 Å². The summed E-state index contributed by atoms with van der Waals surface area (Å²) in [4.78, 5) is 0. The van der Waals surface area contributed by atoms with Gasteiger partial charge in [-0.15, -0.1) is 0 Å². The van der Waals surface area contributed by atoms with Crippen LogP contribution in [0, 0.1) is 5.82 Å². The highest BCUT2D eigenvalue weighted by atomic mass is 35.5. The van der Waals surface area contributed by atoms with Crippen molar-refractivity contribution in [1.29, 1.82) is 0 Å². The molecule has 0 aromatic heterocycles. The van der Waals surface area contributed by atoms with Crippen LogP contribution in [0.3, 0.4) is 0 Å². The van der Waals surface area contributed by atoms with Crippen molar-refractivity contribution >= 4 is 11.6 Å². The fraction of sp³-hybridized carbons (Fsp3) is 0.200. The fourth-order valence-corrected chi connectivity index (χ4v) is 2.19. The first-order chi connectivity index (χ1) is 8.72. The standard InChI is InChI=1S/C15H15ClFN/c1-18-14(11-6-3-2-4-7-11)10-12-8-5-9-13(16)15(12)17/h2-9,14,18H,10H2,1H3. The van der Waals surface area contributed by atoms with Crippen molar-refractivity contribution in [3.05, 3.63) is 70.5 Å². The van der Waals surface area contributed by atoms with Crippen LogP contribution in [0.4, 0.5) is 4.39 Å². The molecule has 3 heteroatoms. The second kappa shape index (κ2) is 5.98. The Bertz CT molecular complexity index is 513. The first-order valence-corrected chi connectivity index (χ1v) is 6.25. The highest BCUT2D eigenvalue weighted by Gasteiger charge is 2.13. The van der Waals surface area contributed by atoms with E-state index in [0.717, 1.165) is 5.56 Å². The first kappa shape index (κ1) is 13.1. The monoisotopic (exact) mass is 263 g/mol. The van der Waals surface area contributed by atoms with Gasteiger partial charge in [-0.2, -0.15) is 0 Å². The maximum atomic E-state index is 13.9. The molecule has 1 nitrogen and oxygen atoms in total. The lowest BCUT2D eigenvalue weighted by Crippen LogP contribution is -2.19. The number of hydrogen-bond donors (Lipinski definition) is 1. The fourth-order valence-electron chi connectivity index (χ4n) is 2.00. The molecule has 94 valence electrons. The summed E-state index contributed by atoms with van der Waals surface area (Å²) in [7, 11) is 1.88. The van der Waals surface area contributed by atoms with Crippen LogP contribution in [0.2, 0.25) is 5.02 Å². The van der Waals surface area contributed by atoms with Crippen LogP contribution in [-0.4, -0.2) is 7.05 Å². The van der Waals surface area contributed by atoms with E-state index >= 15 is 0 Å². The molecular weight excluding hydrogens is 249 g/mol. The lowest BCUT2D eigenvalue weighted by Gasteiger charge is -2.17. The first-order valence-electron chi connectivity index (χ1n) is 5.87. The van der Waals surface area contributed by atoms with E-state index in [1.807, 2.05) is 37.4 Å². The van der Waals surface area contributed by atoms with Crippen LogP contribution >= 0.6 is 11.6 Å². The van der Waals surface area contributed by atoms with E-state index in [4.69, 9.17) is 11.6 Å². The predicted molar refractivity (Wildman–Crippen MR) is 73.4 cm³/mol. The number of rotatable bonds is 4. The Morgan fingerprint density at radius 1 is 1.11 bits per heavy atom. The molecule has 0 aliphatic carbocycles. The van der Waals surface area contributed by atoms with Gasteiger partial charge < -0.3 is 5.32 Å². The van der Waals surface area contributed by atoms with E-state index < -0.39 is 0 Å². The lowest BCUT2D eigenvalue weighted by molar-refractivity contribution is 0.554. The minimum atomic E-state index is -0.324. The van der Waals surface area contributed by atoms with Crippen LogP contribution in [0.25, 0.3) is 0 Å². The molecule has 0 fully saturated rings. The van der Waals surface area contributed by atoms with Crippen molar-refractivity contribution in [2.24, 2.45) is 0 Å². The summed E-state index contributed by atoms with van der Waals surface area (Å²) >= 11 is 5.79. The normalized spacial score (nSPS) is 12.4. The molecule has 2 aromatic carbocycles. The van der Waals surface area contributed by atoms with Crippen molar-refractivity contribution in [1.82, 2.24) is 5.32 Å². The number of benzene rings is 2. The average molecular weight is 264 g/mol. The Morgan fingerprint density at radius 3 is 2.50 bits per heavy atom. The van der Waals surface area contributed by atoms with E-state index in [9.17, 15) is 4.39 Å². The van der Waals surface area contributed by atoms with Gasteiger partial charge in [-0.3, -0.25) is 0 Å². The number of nitrogens with one attached hydrogen (secondary N) is 1. The Labute approximate surface area is 112 Å². The molecule has 0 aliphatic heterocycles. The molecule has 0 bridgehead atoms. The lowest BCUT2D eigenvalue weighted by atomic mass is 9.99. The minimum absolute atomic E-state index is 0.0826. The third-order valence-electron chi connectivity index (χ3n) is 3.01. The molecule has 2 rings (SSSR count). The number of likely N-dealkylation sites (N-methyl/N-ethyl adjacent to an activating group) is 1. The second-order valence-corrected chi connectivity index (χ2v) is 4.58. The molecule has 1 unspecified atom stereocenters. The summed E-state index contributed by atoms with van der Waals surface area (Å²) in [5, 5.41) is 3.38. The topological polar surface area (TPSA) is 12.0 Å². The highest BCUT2D eigenvalue weighted by molar-refractivity contribution is 6.30. The SMILES string of the molecule is CNC(Cc1cccc(Cl)c1F)c1ccccc1. The van der Waals surface area contributed by atoms with E-state index in [1.54, 1.807) is 18.2 Å². The van der Waals surface area contributed by atoms with Gasteiger partial charge in [0.25, 0.3) is 0 Å². The van der Waals surface area contributed by atoms with Crippen LogP contribution in [0.15, 0.2) is 48.5 Å². The molecule has 18 heavy (non-hydrogen) atoms. The summed E-state index contributed by atoms with van der Waals surface area (Å²) in [6.07, 6.45) is 0.576. The zero-order valence-corrected chi connectivity index (χ0v) is 10.9. The van der Waals surface area contributed by atoms with Crippen LogP contribution in [0.5, 0.6) is 0 Å². The van der Waals surface area contributed by atoms with E-state index in [2.05, 4.69) is 5.32 Å². The van der Waals surface area contributed by atoms with Gasteiger partial charge in [-0.1, -0.05) is 54.1 Å². The highest BCUT2D eigenvalue weighted by Crippen LogP contribution is 2.23. The Balaban J connectivity index is 2.24. The molecule has 0 saturated carbocycles. The van der Waals surface area contributed by atoms with Crippen molar-refractivity contribution < 1.29 is 4.39 Å². The van der Waals surface area contributed by atoms with Crippen molar-refractivity contribution in [2.75, 3.05) is 7.05 Å².